The van der Waals surface area contributed by atoms with Crippen LogP contribution >= 0.6 is 15.9 Å². The zero-order valence-corrected chi connectivity index (χ0v) is 16.5. The topological polar surface area (TPSA) is 116 Å². The molecule has 1 rings (SSSR count). The lowest BCUT2D eigenvalue weighted by atomic mass is 9.93. The molecule has 0 radical (unpaired) electrons. The molecule has 27 heavy (non-hydrogen) atoms. The van der Waals surface area contributed by atoms with Gasteiger partial charge < -0.3 is 27.3 Å². The number of rotatable bonds is 10. The second kappa shape index (κ2) is 10.7. The molecular formula is C19H24BrFN4O2. The molecule has 1 unspecified atom stereocenters. The Morgan fingerprint density at radius 2 is 2.07 bits per heavy atom. The zero-order chi connectivity index (χ0) is 20.4. The second-order valence-corrected chi connectivity index (χ2v) is 6.77. The number of nitrogens with one attached hydrogen (secondary N) is 1. The number of benzene rings is 1. The predicted octanol–water partition coefficient (Wildman–Crippen LogP) is 2.54. The van der Waals surface area contributed by atoms with E-state index < -0.39 is 18.1 Å². The summed E-state index contributed by atoms with van der Waals surface area (Å²) in [4.78, 5) is 12.2. The van der Waals surface area contributed by atoms with E-state index in [4.69, 9.17) is 21.9 Å². The highest BCUT2D eigenvalue weighted by atomic mass is 79.9. The van der Waals surface area contributed by atoms with Gasteiger partial charge in [0.1, 0.15) is 6.67 Å². The number of ether oxygens (including phenoxy) is 1. The maximum atomic E-state index is 13.6. The molecule has 1 aromatic carbocycles. The second-order valence-electron chi connectivity index (χ2n) is 5.85. The summed E-state index contributed by atoms with van der Waals surface area (Å²) in [5, 5.41) is 2.64. The highest BCUT2D eigenvalue weighted by molar-refractivity contribution is 9.11. The number of allylic oxidation sites excluding steroid dienone is 4. The molecule has 0 aliphatic heterocycles. The van der Waals surface area contributed by atoms with Gasteiger partial charge in [0.25, 0.3) is 5.91 Å². The minimum Gasteiger partial charge on any atom is -0.401 e. The van der Waals surface area contributed by atoms with Crippen molar-refractivity contribution in [2.24, 2.45) is 17.2 Å². The Kier molecular flexibility index (Phi) is 8.93. The van der Waals surface area contributed by atoms with Crippen molar-refractivity contribution in [3.63, 3.8) is 0 Å². The Balaban J connectivity index is 2.92. The van der Waals surface area contributed by atoms with Crippen molar-refractivity contribution in [3.05, 3.63) is 77.1 Å². The summed E-state index contributed by atoms with van der Waals surface area (Å²) in [5.41, 5.74) is 17.1. The first kappa shape index (κ1) is 22.6. The summed E-state index contributed by atoms with van der Waals surface area (Å²) in [6, 6.07) is 6.52. The molecule has 0 saturated carbocycles. The Labute approximate surface area is 166 Å². The van der Waals surface area contributed by atoms with E-state index in [0.29, 0.717) is 21.4 Å². The SMILES string of the molecule is C=C/C(Br)=C\C=C(/N)C(=O)Nc1cccc(C(N)(CF)COCC(=C)N)c1. The first-order valence-corrected chi connectivity index (χ1v) is 8.74. The Morgan fingerprint density at radius 3 is 2.67 bits per heavy atom. The highest BCUT2D eigenvalue weighted by Gasteiger charge is 2.28. The van der Waals surface area contributed by atoms with Gasteiger partial charge in [-0.25, -0.2) is 4.39 Å². The van der Waals surface area contributed by atoms with Crippen molar-refractivity contribution < 1.29 is 13.9 Å². The smallest absolute Gasteiger partial charge is 0.271 e. The van der Waals surface area contributed by atoms with Crippen LogP contribution in [-0.2, 0) is 15.1 Å². The molecule has 0 aliphatic rings. The molecule has 0 heterocycles. The standard InChI is InChI=1S/C19H24BrFN4O2/c1-3-15(20)7-8-17(23)18(26)25-16-6-4-5-14(9-16)19(24,11-21)12-27-10-13(2)22/h3-9H,1-2,10-12,22-24H2,(H,25,26)/b15-7+,17-8-. The first-order valence-electron chi connectivity index (χ1n) is 7.95. The highest BCUT2D eigenvalue weighted by Crippen LogP contribution is 2.23. The van der Waals surface area contributed by atoms with Crippen LogP contribution in [0.15, 0.2) is 71.5 Å². The number of amides is 1. The van der Waals surface area contributed by atoms with Crippen LogP contribution in [0.1, 0.15) is 5.56 Å². The summed E-state index contributed by atoms with van der Waals surface area (Å²) in [5.74, 6) is -0.508. The minimum atomic E-state index is -1.38. The van der Waals surface area contributed by atoms with Crippen LogP contribution in [-0.4, -0.2) is 25.8 Å². The molecule has 146 valence electrons. The van der Waals surface area contributed by atoms with Gasteiger partial charge in [0.05, 0.1) is 24.4 Å². The molecule has 8 heteroatoms. The van der Waals surface area contributed by atoms with Crippen molar-refractivity contribution in [3.8, 4) is 0 Å². The van der Waals surface area contributed by atoms with Crippen LogP contribution in [0.5, 0.6) is 0 Å². The molecule has 1 aromatic rings. The van der Waals surface area contributed by atoms with Gasteiger partial charge >= 0.3 is 0 Å². The maximum Gasteiger partial charge on any atom is 0.271 e. The molecule has 0 saturated heterocycles. The first-order chi connectivity index (χ1) is 12.7. The number of alkyl halides is 1. The fourth-order valence-corrected chi connectivity index (χ4v) is 2.12. The third-order valence-electron chi connectivity index (χ3n) is 3.46. The third kappa shape index (κ3) is 7.38. The van der Waals surface area contributed by atoms with E-state index in [1.807, 2.05) is 0 Å². The van der Waals surface area contributed by atoms with Crippen molar-refractivity contribution in [2.75, 3.05) is 25.2 Å². The van der Waals surface area contributed by atoms with Gasteiger partial charge in [0, 0.05) is 15.9 Å². The Hall–Kier alpha value is -2.42. The maximum absolute atomic E-state index is 13.6. The normalized spacial score (nSPS) is 14.3. The summed E-state index contributed by atoms with van der Waals surface area (Å²) < 4.78 is 19.6. The Bertz CT molecular complexity index is 764. The number of nitrogens with two attached hydrogens (primary N) is 3. The molecule has 0 aliphatic carbocycles. The van der Waals surface area contributed by atoms with Crippen LogP contribution in [0, 0.1) is 0 Å². The lowest BCUT2D eigenvalue weighted by molar-refractivity contribution is -0.112. The van der Waals surface area contributed by atoms with E-state index in [2.05, 4.69) is 34.4 Å². The average Bonchev–Trinajstić information content (AvgIpc) is 2.65. The molecule has 6 nitrogen and oxygen atoms in total. The number of carbonyl (C=O) groups is 1. The van der Waals surface area contributed by atoms with Gasteiger partial charge in [0.2, 0.25) is 0 Å². The zero-order valence-electron chi connectivity index (χ0n) is 14.9. The van der Waals surface area contributed by atoms with E-state index in [0.717, 1.165) is 0 Å². The van der Waals surface area contributed by atoms with Gasteiger partial charge in [-0.2, -0.15) is 0 Å². The predicted molar refractivity (Wildman–Crippen MR) is 111 cm³/mol. The van der Waals surface area contributed by atoms with Crippen LogP contribution in [0.4, 0.5) is 10.1 Å². The molecule has 7 N–H and O–H groups in total. The van der Waals surface area contributed by atoms with Crippen molar-refractivity contribution in [1.29, 1.82) is 0 Å². The van der Waals surface area contributed by atoms with Crippen molar-refractivity contribution in [1.82, 2.24) is 0 Å². The van der Waals surface area contributed by atoms with E-state index >= 15 is 0 Å². The van der Waals surface area contributed by atoms with Gasteiger partial charge in [-0.3, -0.25) is 4.79 Å². The number of anilines is 1. The fraction of sp³-hybridized carbons (Fsp3) is 0.211. The van der Waals surface area contributed by atoms with E-state index in [9.17, 15) is 9.18 Å². The van der Waals surface area contributed by atoms with E-state index in [1.54, 1.807) is 36.4 Å². The van der Waals surface area contributed by atoms with Crippen LogP contribution in [0.25, 0.3) is 0 Å². The monoisotopic (exact) mass is 438 g/mol. The molecule has 1 atom stereocenters. The summed E-state index contributed by atoms with van der Waals surface area (Å²) in [7, 11) is 0. The quantitative estimate of drug-likeness (QED) is 0.330. The largest absolute Gasteiger partial charge is 0.401 e. The number of carbonyl (C=O) groups excluding carboxylic acids is 1. The molecular weight excluding hydrogens is 415 g/mol. The molecule has 0 aromatic heterocycles. The molecule has 0 bridgehead atoms. The Morgan fingerprint density at radius 1 is 1.37 bits per heavy atom. The summed E-state index contributed by atoms with van der Waals surface area (Å²) >= 11 is 3.23. The molecule has 1 amide bonds. The lowest BCUT2D eigenvalue weighted by Gasteiger charge is -2.27. The lowest BCUT2D eigenvalue weighted by Crippen LogP contribution is -2.44. The van der Waals surface area contributed by atoms with Crippen LogP contribution in [0.3, 0.4) is 0 Å². The van der Waals surface area contributed by atoms with Crippen LogP contribution < -0.4 is 22.5 Å². The van der Waals surface area contributed by atoms with Crippen molar-refractivity contribution in [2.45, 2.75) is 5.54 Å². The van der Waals surface area contributed by atoms with Crippen molar-refractivity contribution >= 4 is 27.5 Å². The fourth-order valence-electron chi connectivity index (χ4n) is 1.99. The van der Waals surface area contributed by atoms with Gasteiger partial charge in [-0.05, 0) is 29.8 Å². The molecule has 0 fully saturated rings. The third-order valence-corrected chi connectivity index (χ3v) is 4.05. The average molecular weight is 439 g/mol. The molecule has 0 spiro atoms. The number of hydrogen-bond acceptors (Lipinski definition) is 5. The van der Waals surface area contributed by atoms with E-state index in [-0.39, 0.29) is 18.9 Å². The number of hydrogen-bond donors (Lipinski definition) is 4. The summed E-state index contributed by atoms with van der Waals surface area (Å²) in [6.07, 6.45) is 4.59. The van der Waals surface area contributed by atoms with Gasteiger partial charge in [-0.1, -0.05) is 47.3 Å². The van der Waals surface area contributed by atoms with E-state index in [1.165, 1.54) is 6.08 Å². The van der Waals surface area contributed by atoms with Gasteiger partial charge in [0.15, 0.2) is 0 Å². The number of halogens is 2. The summed E-state index contributed by atoms with van der Waals surface area (Å²) in [6.45, 7) is 6.20. The van der Waals surface area contributed by atoms with Gasteiger partial charge in [-0.15, -0.1) is 0 Å². The minimum absolute atomic E-state index is 0.00602. The van der Waals surface area contributed by atoms with Crippen LogP contribution in [0.2, 0.25) is 0 Å².